The molecular formula is C21H31N3O2S. The molecular weight excluding hydrogens is 358 g/mol. The summed E-state index contributed by atoms with van der Waals surface area (Å²) >= 11 is 1.32. The lowest BCUT2D eigenvalue weighted by Gasteiger charge is -2.17. The monoisotopic (exact) mass is 389 g/mol. The number of thioether (sulfide) groups is 1. The molecule has 0 saturated heterocycles. The first kappa shape index (κ1) is 21.5. The van der Waals surface area contributed by atoms with E-state index in [0.29, 0.717) is 22.0 Å². The Morgan fingerprint density at radius 3 is 2.52 bits per heavy atom. The molecule has 5 nitrogen and oxygen atoms in total. The predicted molar refractivity (Wildman–Crippen MR) is 113 cm³/mol. The van der Waals surface area contributed by atoms with Crippen LogP contribution < -0.4 is 10.9 Å². The number of hydrogen-bond donors (Lipinski definition) is 1. The summed E-state index contributed by atoms with van der Waals surface area (Å²) in [5.41, 5.74) is 0.616. The summed E-state index contributed by atoms with van der Waals surface area (Å²) < 4.78 is 1.67. The summed E-state index contributed by atoms with van der Waals surface area (Å²) in [4.78, 5) is 29.7. The second-order valence-electron chi connectivity index (χ2n) is 7.76. The molecule has 1 atom stereocenters. The van der Waals surface area contributed by atoms with E-state index < -0.39 is 0 Å². The summed E-state index contributed by atoms with van der Waals surface area (Å²) in [6, 6.07) is 7.49. The number of nitrogens with zero attached hydrogens (tertiary/aromatic N) is 2. The van der Waals surface area contributed by atoms with Crippen LogP contribution in [0.5, 0.6) is 0 Å². The highest BCUT2D eigenvalue weighted by Crippen LogP contribution is 2.20. The Balaban J connectivity index is 2.04. The Kier molecular flexibility index (Phi) is 7.90. The first-order chi connectivity index (χ1) is 12.8. The molecule has 0 aliphatic heterocycles. The molecule has 2 aromatic rings. The van der Waals surface area contributed by atoms with E-state index >= 15 is 0 Å². The van der Waals surface area contributed by atoms with E-state index in [2.05, 4.69) is 24.1 Å². The Bertz CT molecular complexity index is 830. The average Bonchev–Trinajstić information content (AvgIpc) is 2.59. The van der Waals surface area contributed by atoms with Gasteiger partial charge < -0.3 is 5.32 Å². The van der Waals surface area contributed by atoms with E-state index in [1.54, 1.807) is 10.6 Å². The molecule has 1 aromatic carbocycles. The van der Waals surface area contributed by atoms with Crippen LogP contribution in [0.25, 0.3) is 10.9 Å². The molecule has 27 heavy (non-hydrogen) atoms. The van der Waals surface area contributed by atoms with Crippen LogP contribution in [0, 0.1) is 5.92 Å². The molecule has 0 aliphatic rings. The van der Waals surface area contributed by atoms with E-state index in [1.807, 2.05) is 39.0 Å². The van der Waals surface area contributed by atoms with Crippen LogP contribution in [-0.2, 0) is 4.79 Å². The molecule has 148 valence electrons. The maximum atomic E-state index is 12.8. The summed E-state index contributed by atoms with van der Waals surface area (Å²) in [5, 5.41) is 4.25. The summed E-state index contributed by atoms with van der Waals surface area (Å²) in [7, 11) is 0. The molecule has 0 fully saturated rings. The standard InChI is InChI=1S/C21H31N3O2S/c1-14(2)9-8-10-16(5)22-19(25)13-27-21-23-18-12-7-6-11-17(18)20(26)24(21)15(3)4/h6-7,11-12,14-16H,8-10,13H2,1-5H3,(H,22,25)/t16-/m0/s1. The molecule has 0 saturated carbocycles. The van der Waals surface area contributed by atoms with Crippen LogP contribution >= 0.6 is 11.8 Å². The number of aromatic nitrogens is 2. The van der Waals surface area contributed by atoms with Crippen molar-refractivity contribution in [1.82, 2.24) is 14.9 Å². The molecule has 0 spiro atoms. The van der Waals surface area contributed by atoms with E-state index in [1.165, 1.54) is 18.2 Å². The molecule has 6 heteroatoms. The van der Waals surface area contributed by atoms with Gasteiger partial charge in [-0.15, -0.1) is 0 Å². The van der Waals surface area contributed by atoms with E-state index in [-0.39, 0.29) is 29.3 Å². The van der Waals surface area contributed by atoms with Gasteiger partial charge in [0.2, 0.25) is 5.91 Å². The maximum absolute atomic E-state index is 12.8. The molecule has 1 heterocycles. The zero-order chi connectivity index (χ0) is 20.0. The fraction of sp³-hybridized carbons (Fsp3) is 0.571. The van der Waals surface area contributed by atoms with Gasteiger partial charge in [0.25, 0.3) is 5.56 Å². The fourth-order valence-electron chi connectivity index (χ4n) is 3.03. The largest absolute Gasteiger partial charge is 0.353 e. The topological polar surface area (TPSA) is 64.0 Å². The van der Waals surface area contributed by atoms with Gasteiger partial charge in [0.1, 0.15) is 0 Å². The lowest BCUT2D eigenvalue weighted by Crippen LogP contribution is -2.34. The van der Waals surface area contributed by atoms with Gasteiger partial charge in [0.05, 0.1) is 16.7 Å². The SMILES string of the molecule is CC(C)CCC[C@H](C)NC(=O)CSc1nc2ccccc2c(=O)n1C(C)C. The van der Waals surface area contributed by atoms with Crippen molar-refractivity contribution in [2.75, 3.05) is 5.75 Å². The number of nitrogens with one attached hydrogen (secondary N) is 1. The van der Waals surface area contributed by atoms with Gasteiger partial charge in [-0.2, -0.15) is 0 Å². The highest BCUT2D eigenvalue weighted by atomic mass is 32.2. The zero-order valence-electron chi connectivity index (χ0n) is 17.0. The number of fused-ring (bicyclic) bond motifs is 1. The van der Waals surface area contributed by atoms with Gasteiger partial charge in [-0.05, 0) is 45.2 Å². The minimum Gasteiger partial charge on any atom is -0.353 e. The molecule has 0 aliphatic carbocycles. The van der Waals surface area contributed by atoms with Crippen LogP contribution in [0.1, 0.15) is 59.9 Å². The third-order valence-electron chi connectivity index (χ3n) is 4.45. The average molecular weight is 390 g/mol. The third kappa shape index (κ3) is 6.09. The normalized spacial score (nSPS) is 12.7. The van der Waals surface area contributed by atoms with E-state index in [4.69, 9.17) is 0 Å². The van der Waals surface area contributed by atoms with Crippen molar-refractivity contribution in [3.8, 4) is 0 Å². The number of carbonyl (C=O) groups excluding carboxylic acids is 1. The van der Waals surface area contributed by atoms with Crippen molar-refractivity contribution in [2.45, 2.75) is 71.1 Å². The van der Waals surface area contributed by atoms with Crippen LogP contribution in [0.15, 0.2) is 34.2 Å². The Morgan fingerprint density at radius 2 is 1.85 bits per heavy atom. The summed E-state index contributed by atoms with van der Waals surface area (Å²) in [5.74, 6) is 0.927. The van der Waals surface area contributed by atoms with E-state index in [9.17, 15) is 9.59 Å². The lowest BCUT2D eigenvalue weighted by atomic mass is 10.0. The van der Waals surface area contributed by atoms with Crippen molar-refractivity contribution in [3.05, 3.63) is 34.6 Å². The molecule has 0 unspecified atom stereocenters. The Morgan fingerprint density at radius 1 is 1.15 bits per heavy atom. The maximum Gasteiger partial charge on any atom is 0.262 e. The molecule has 0 bridgehead atoms. The van der Waals surface area contributed by atoms with Crippen molar-refractivity contribution in [1.29, 1.82) is 0 Å². The fourth-order valence-corrected chi connectivity index (χ4v) is 3.97. The smallest absolute Gasteiger partial charge is 0.262 e. The highest BCUT2D eigenvalue weighted by molar-refractivity contribution is 7.99. The number of rotatable bonds is 9. The van der Waals surface area contributed by atoms with E-state index in [0.717, 1.165) is 12.8 Å². The van der Waals surface area contributed by atoms with Gasteiger partial charge in [-0.1, -0.05) is 50.6 Å². The predicted octanol–water partition coefficient (Wildman–Crippen LogP) is 4.40. The van der Waals surface area contributed by atoms with Crippen LogP contribution in [0.2, 0.25) is 0 Å². The van der Waals surface area contributed by atoms with Crippen LogP contribution in [0.4, 0.5) is 0 Å². The van der Waals surface area contributed by atoms with Gasteiger partial charge in [-0.3, -0.25) is 14.2 Å². The quantitative estimate of drug-likeness (QED) is 0.510. The number of hydrogen-bond acceptors (Lipinski definition) is 4. The first-order valence-corrected chi connectivity index (χ1v) is 10.7. The minimum atomic E-state index is -0.0550. The summed E-state index contributed by atoms with van der Waals surface area (Å²) in [6.07, 6.45) is 3.28. The van der Waals surface area contributed by atoms with Crippen molar-refractivity contribution >= 4 is 28.6 Å². The van der Waals surface area contributed by atoms with Crippen LogP contribution in [-0.4, -0.2) is 27.3 Å². The van der Waals surface area contributed by atoms with Gasteiger partial charge in [0.15, 0.2) is 5.16 Å². The van der Waals surface area contributed by atoms with Crippen molar-refractivity contribution in [2.24, 2.45) is 5.92 Å². The molecule has 0 radical (unpaired) electrons. The minimum absolute atomic E-state index is 0.0184. The van der Waals surface area contributed by atoms with Crippen molar-refractivity contribution in [3.63, 3.8) is 0 Å². The molecule has 1 N–H and O–H groups in total. The van der Waals surface area contributed by atoms with Gasteiger partial charge in [0, 0.05) is 12.1 Å². The molecule has 2 rings (SSSR count). The number of carbonyl (C=O) groups is 1. The Hall–Kier alpha value is -1.82. The Labute approximate surface area is 166 Å². The molecule has 1 amide bonds. The summed E-state index contributed by atoms with van der Waals surface area (Å²) in [6.45, 7) is 10.4. The molecule has 1 aromatic heterocycles. The number of benzene rings is 1. The number of para-hydroxylation sites is 1. The lowest BCUT2D eigenvalue weighted by molar-refractivity contribution is -0.119. The second kappa shape index (κ2) is 9.93. The highest BCUT2D eigenvalue weighted by Gasteiger charge is 2.16. The zero-order valence-corrected chi connectivity index (χ0v) is 17.8. The third-order valence-corrected chi connectivity index (χ3v) is 5.40. The second-order valence-corrected chi connectivity index (χ2v) is 8.70. The first-order valence-electron chi connectivity index (χ1n) is 9.73. The van der Waals surface area contributed by atoms with Gasteiger partial charge in [-0.25, -0.2) is 4.98 Å². The number of amides is 1. The van der Waals surface area contributed by atoms with Crippen LogP contribution in [0.3, 0.4) is 0 Å². The van der Waals surface area contributed by atoms with Crippen molar-refractivity contribution < 1.29 is 4.79 Å². The van der Waals surface area contributed by atoms with Gasteiger partial charge >= 0.3 is 0 Å².